The molecule has 29 heavy (non-hydrogen) atoms. The van der Waals surface area contributed by atoms with Crippen molar-refractivity contribution < 1.29 is 38.2 Å². The molecule has 1 aromatic rings. The Morgan fingerprint density at radius 3 is 2.41 bits per heavy atom. The van der Waals surface area contributed by atoms with Crippen molar-refractivity contribution in [3.8, 4) is 5.75 Å². The Balaban J connectivity index is 2.58. The van der Waals surface area contributed by atoms with Crippen LogP contribution in [-0.4, -0.2) is 47.5 Å². The lowest BCUT2D eigenvalue weighted by Gasteiger charge is -2.16. The van der Waals surface area contributed by atoms with Gasteiger partial charge < -0.3 is 19.5 Å². The van der Waals surface area contributed by atoms with Gasteiger partial charge in [-0.2, -0.15) is 0 Å². The van der Waals surface area contributed by atoms with E-state index in [2.05, 4.69) is 10.1 Å². The van der Waals surface area contributed by atoms with Gasteiger partial charge >= 0.3 is 24.2 Å². The molecule has 0 aliphatic heterocycles. The van der Waals surface area contributed by atoms with Crippen LogP contribution in [0.3, 0.4) is 0 Å². The van der Waals surface area contributed by atoms with Gasteiger partial charge in [0.2, 0.25) is 5.78 Å². The van der Waals surface area contributed by atoms with Gasteiger partial charge in [0.1, 0.15) is 18.4 Å². The van der Waals surface area contributed by atoms with E-state index in [1.54, 1.807) is 38.1 Å². The largest absolute Gasteiger partial charge is 0.464 e. The summed E-state index contributed by atoms with van der Waals surface area (Å²) in [4.78, 5) is 49.5. The number of ketones is 1. The predicted molar refractivity (Wildman–Crippen MR) is 99.4 cm³/mol. The monoisotopic (exact) mass is 406 g/mol. The number of alkyl carbamates (subject to hydrolysis) is 1. The molecule has 2 N–H and O–H groups in total. The van der Waals surface area contributed by atoms with Gasteiger partial charge in [-0.05, 0) is 31.0 Å². The zero-order valence-corrected chi connectivity index (χ0v) is 16.3. The highest BCUT2D eigenvalue weighted by Crippen LogP contribution is 2.13. The highest BCUT2D eigenvalue weighted by molar-refractivity contribution is 6.25. The normalized spacial score (nSPS) is 10.8. The standard InChI is InChI=1S/C19H23N3O7/c1-3-17(24)29-15-8-5-13(6-9-15)12-28-19(26)22-16(18(25)27-4-2)10-7-14(23)11-21-20/h5-6,8-9,11,16,20H,3-4,7,10,12H2,1-2H3/p+1/t16-/m0/s1. The summed E-state index contributed by atoms with van der Waals surface area (Å²) in [6.45, 7) is 3.34. The maximum Gasteiger partial charge on any atom is 0.408 e. The highest BCUT2D eigenvalue weighted by atomic mass is 16.6. The minimum atomic E-state index is -1.07. The number of amides is 1. The van der Waals surface area contributed by atoms with Crippen LogP contribution < -0.4 is 10.1 Å². The van der Waals surface area contributed by atoms with Gasteiger partial charge in [-0.3, -0.25) is 9.59 Å². The second kappa shape index (κ2) is 12.8. The first-order chi connectivity index (χ1) is 13.9. The second-order valence-electron chi connectivity index (χ2n) is 5.76. The Morgan fingerprint density at radius 2 is 1.83 bits per heavy atom. The van der Waals surface area contributed by atoms with Crippen LogP contribution in [0.25, 0.3) is 0 Å². The van der Waals surface area contributed by atoms with Crippen LogP contribution in [0.5, 0.6) is 5.75 Å². The van der Waals surface area contributed by atoms with Crippen LogP contribution >= 0.6 is 0 Å². The van der Waals surface area contributed by atoms with Crippen molar-refractivity contribution >= 4 is 30.0 Å². The van der Waals surface area contributed by atoms with Crippen molar-refractivity contribution in [1.29, 1.82) is 5.53 Å². The number of nitrogens with zero attached hydrogens (tertiary/aromatic N) is 1. The van der Waals surface area contributed by atoms with E-state index < -0.39 is 23.9 Å². The molecule has 0 saturated carbocycles. The average Bonchev–Trinajstić information content (AvgIpc) is 2.70. The topological polar surface area (TPSA) is 146 Å². The Kier molecular flexibility index (Phi) is 10.4. The third kappa shape index (κ3) is 9.30. The van der Waals surface area contributed by atoms with Crippen LogP contribution in [0.1, 0.15) is 38.7 Å². The fourth-order valence-electron chi connectivity index (χ4n) is 2.11. The molecular formula is C19H24N3O7+. The molecule has 0 aliphatic rings. The first-order valence-corrected chi connectivity index (χ1v) is 9.01. The van der Waals surface area contributed by atoms with Crippen molar-refractivity contribution in [3.05, 3.63) is 29.8 Å². The van der Waals surface area contributed by atoms with E-state index in [1.165, 1.54) is 0 Å². The number of rotatable bonds is 11. The molecule has 0 spiro atoms. The molecule has 0 saturated heterocycles. The third-order valence-corrected chi connectivity index (χ3v) is 3.56. The Morgan fingerprint density at radius 1 is 1.14 bits per heavy atom. The van der Waals surface area contributed by atoms with E-state index in [-0.39, 0.29) is 38.4 Å². The molecule has 0 bridgehead atoms. The summed E-state index contributed by atoms with van der Waals surface area (Å²) in [5.41, 5.74) is 7.26. The van der Waals surface area contributed by atoms with Crippen LogP contribution in [-0.2, 0) is 30.5 Å². The van der Waals surface area contributed by atoms with Gasteiger partial charge in [0, 0.05) is 12.8 Å². The zero-order chi connectivity index (χ0) is 21.6. The molecular weight excluding hydrogens is 382 g/mol. The number of ether oxygens (including phenoxy) is 3. The van der Waals surface area contributed by atoms with E-state index >= 15 is 0 Å². The Hall–Kier alpha value is -3.52. The van der Waals surface area contributed by atoms with Crippen molar-refractivity contribution in [2.45, 2.75) is 45.8 Å². The van der Waals surface area contributed by atoms with Crippen LogP contribution in [0, 0.1) is 5.53 Å². The number of benzene rings is 1. The van der Waals surface area contributed by atoms with Crippen molar-refractivity contribution in [2.75, 3.05) is 6.61 Å². The summed E-state index contributed by atoms with van der Waals surface area (Å²) in [7, 11) is 0. The van der Waals surface area contributed by atoms with Crippen LogP contribution in [0.2, 0.25) is 0 Å². The third-order valence-electron chi connectivity index (χ3n) is 3.56. The van der Waals surface area contributed by atoms with Crippen molar-refractivity contribution in [2.24, 2.45) is 0 Å². The second-order valence-corrected chi connectivity index (χ2v) is 5.76. The lowest BCUT2D eigenvalue weighted by atomic mass is 10.1. The summed E-state index contributed by atoms with van der Waals surface area (Å²) in [5, 5.41) is 2.37. The highest BCUT2D eigenvalue weighted by Gasteiger charge is 2.24. The molecule has 0 unspecified atom stereocenters. The van der Waals surface area contributed by atoms with E-state index in [1.807, 2.05) is 0 Å². The lowest BCUT2D eigenvalue weighted by molar-refractivity contribution is -0.146. The van der Waals surface area contributed by atoms with Gasteiger partial charge in [-0.25, -0.2) is 9.59 Å². The molecule has 10 heteroatoms. The van der Waals surface area contributed by atoms with E-state index in [0.717, 1.165) is 6.21 Å². The molecule has 1 atom stereocenters. The lowest BCUT2D eigenvalue weighted by Crippen LogP contribution is -2.42. The van der Waals surface area contributed by atoms with Gasteiger partial charge in [0.25, 0.3) is 0 Å². The molecule has 0 radical (unpaired) electrons. The quantitative estimate of drug-likeness (QED) is 0.187. The first kappa shape index (κ1) is 23.5. The zero-order valence-electron chi connectivity index (χ0n) is 16.3. The van der Waals surface area contributed by atoms with E-state index in [9.17, 15) is 19.2 Å². The van der Waals surface area contributed by atoms with E-state index in [4.69, 9.17) is 19.7 Å². The maximum absolute atomic E-state index is 12.0. The van der Waals surface area contributed by atoms with Gasteiger partial charge in [0.05, 0.1) is 16.9 Å². The summed E-state index contributed by atoms with van der Waals surface area (Å²) < 4.78 is 15.0. The smallest absolute Gasteiger partial charge is 0.408 e. The molecule has 0 aromatic heterocycles. The maximum atomic E-state index is 12.0. The average molecular weight is 406 g/mol. The van der Waals surface area contributed by atoms with Gasteiger partial charge in [0.15, 0.2) is 0 Å². The van der Waals surface area contributed by atoms with Crippen LogP contribution in [0.15, 0.2) is 24.3 Å². The Labute approximate surface area is 167 Å². The molecule has 0 heterocycles. The predicted octanol–water partition coefficient (Wildman–Crippen LogP) is 1.82. The summed E-state index contributed by atoms with van der Waals surface area (Å²) in [6.07, 6.45) is 0.113. The molecule has 1 aromatic carbocycles. The first-order valence-electron chi connectivity index (χ1n) is 9.01. The summed E-state index contributed by atoms with van der Waals surface area (Å²) in [6, 6.07) is 5.35. The number of hydrogen-bond acceptors (Lipinski definition) is 8. The SMILES string of the molecule is CCOC(=O)[C@H](CCC(=O)C=[N+]=N)NC(=O)OCc1ccc(OC(=O)CC)cc1. The molecule has 10 nitrogen and oxygen atoms in total. The van der Waals surface area contributed by atoms with Crippen molar-refractivity contribution in [3.63, 3.8) is 0 Å². The number of Topliss-reactive ketones (excluding diaryl/α,β-unsaturated/α-hetero) is 1. The minimum Gasteiger partial charge on any atom is -0.464 e. The minimum absolute atomic E-state index is 0.0176. The number of carbonyl (C=O) groups is 4. The number of nitrogens with one attached hydrogen (secondary N) is 2. The number of esters is 2. The summed E-state index contributed by atoms with van der Waals surface area (Å²) in [5.74, 6) is -1.12. The molecule has 1 rings (SSSR count). The van der Waals surface area contributed by atoms with Gasteiger partial charge in [-0.1, -0.05) is 19.1 Å². The summed E-state index contributed by atoms with van der Waals surface area (Å²) >= 11 is 0. The van der Waals surface area contributed by atoms with Gasteiger partial charge in [-0.15, -0.1) is 0 Å². The molecule has 156 valence electrons. The molecule has 1 amide bonds. The molecule has 0 aliphatic carbocycles. The van der Waals surface area contributed by atoms with Crippen molar-refractivity contribution in [1.82, 2.24) is 5.32 Å². The van der Waals surface area contributed by atoms with E-state index in [0.29, 0.717) is 11.3 Å². The molecule has 0 fully saturated rings. The Bertz CT molecular complexity index is 771. The number of carbonyl (C=O) groups excluding carboxylic acids is 4. The fraction of sp³-hybridized carbons (Fsp3) is 0.421. The fourth-order valence-corrected chi connectivity index (χ4v) is 2.11. The van der Waals surface area contributed by atoms with Crippen LogP contribution in [0.4, 0.5) is 4.79 Å². The number of hydrogen-bond donors (Lipinski definition) is 2.